The number of nitrogens with zero attached hydrogens (tertiary/aromatic N) is 2. The molecule has 29 heavy (non-hydrogen) atoms. The van der Waals surface area contributed by atoms with E-state index in [4.69, 9.17) is 4.74 Å². The normalized spacial score (nSPS) is 16.0. The average Bonchev–Trinajstić information content (AvgIpc) is 3.16. The van der Waals surface area contributed by atoms with Gasteiger partial charge in [-0.25, -0.2) is 0 Å². The molecule has 0 saturated carbocycles. The van der Waals surface area contributed by atoms with Crippen molar-refractivity contribution >= 4 is 23.2 Å². The van der Waals surface area contributed by atoms with Crippen LogP contribution in [0.15, 0.2) is 35.7 Å². The van der Waals surface area contributed by atoms with Gasteiger partial charge in [0, 0.05) is 25.1 Å². The molecule has 0 spiro atoms. The molecule has 3 rings (SSSR count). The molecule has 5 nitrogen and oxygen atoms in total. The van der Waals surface area contributed by atoms with E-state index in [9.17, 15) is 9.59 Å². The number of rotatable bonds is 7. The van der Waals surface area contributed by atoms with Gasteiger partial charge in [-0.15, -0.1) is 11.3 Å². The zero-order valence-electron chi connectivity index (χ0n) is 17.7. The molecule has 0 saturated heterocycles. The van der Waals surface area contributed by atoms with Crippen LogP contribution in [0.1, 0.15) is 41.5 Å². The van der Waals surface area contributed by atoms with E-state index in [0.717, 1.165) is 12.0 Å². The lowest BCUT2D eigenvalue weighted by Gasteiger charge is -2.38. The van der Waals surface area contributed by atoms with E-state index in [0.29, 0.717) is 13.1 Å². The molecule has 1 aliphatic rings. The van der Waals surface area contributed by atoms with Gasteiger partial charge in [-0.05, 0) is 41.8 Å². The molecule has 1 aliphatic heterocycles. The lowest BCUT2D eigenvalue weighted by Crippen LogP contribution is -2.48. The predicted octanol–water partition coefficient (Wildman–Crippen LogP) is 3.66. The molecular weight excluding hydrogens is 384 g/mol. The number of methoxy groups -OCH3 is 1. The maximum Gasteiger partial charge on any atom is 0.249 e. The van der Waals surface area contributed by atoms with E-state index in [-0.39, 0.29) is 36.9 Å². The molecule has 0 N–H and O–H groups in total. The minimum Gasteiger partial charge on any atom is -0.375 e. The van der Waals surface area contributed by atoms with Gasteiger partial charge >= 0.3 is 0 Å². The molecule has 0 fully saturated rings. The Hall–Kier alpha value is -2.18. The number of thiophene rings is 1. The van der Waals surface area contributed by atoms with Crippen LogP contribution < -0.4 is 0 Å². The first kappa shape index (κ1) is 21.5. The van der Waals surface area contributed by atoms with E-state index in [1.54, 1.807) is 16.2 Å². The molecule has 1 aromatic carbocycles. The van der Waals surface area contributed by atoms with Crippen molar-refractivity contribution in [3.63, 3.8) is 0 Å². The SMILES string of the molecule is COCC(=O)N(CC(=O)N1CCc2sccc2C1c1ccc(C)cc1)CC(C)C. The second-order valence-electron chi connectivity index (χ2n) is 8.05. The zero-order chi connectivity index (χ0) is 21.0. The Kier molecular flexibility index (Phi) is 7.09. The number of ether oxygens (including phenoxy) is 1. The summed E-state index contributed by atoms with van der Waals surface area (Å²) in [5, 5.41) is 2.10. The van der Waals surface area contributed by atoms with E-state index in [1.807, 2.05) is 18.7 Å². The molecule has 1 atom stereocenters. The van der Waals surface area contributed by atoms with E-state index >= 15 is 0 Å². The Morgan fingerprint density at radius 2 is 1.97 bits per heavy atom. The number of amides is 2. The van der Waals surface area contributed by atoms with Crippen LogP contribution in [0.3, 0.4) is 0 Å². The first-order chi connectivity index (χ1) is 13.9. The first-order valence-electron chi connectivity index (χ1n) is 10.1. The monoisotopic (exact) mass is 414 g/mol. The summed E-state index contributed by atoms with van der Waals surface area (Å²) in [5.74, 6) is 0.119. The fourth-order valence-corrected chi connectivity index (χ4v) is 4.76. The van der Waals surface area contributed by atoms with Crippen molar-refractivity contribution in [2.45, 2.75) is 33.2 Å². The minimum atomic E-state index is -0.144. The largest absolute Gasteiger partial charge is 0.375 e. The van der Waals surface area contributed by atoms with Crippen molar-refractivity contribution in [2.24, 2.45) is 5.92 Å². The third kappa shape index (κ3) is 5.06. The fourth-order valence-electron chi connectivity index (χ4n) is 3.86. The van der Waals surface area contributed by atoms with E-state index < -0.39 is 0 Å². The molecule has 156 valence electrons. The summed E-state index contributed by atoms with van der Waals surface area (Å²) in [7, 11) is 1.50. The molecular formula is C23H30N2O3S. The summed E-state index contributed by atoms with van der Waals surface area (Å²) >= 11 is 1.76. The number of fused-ring (bicyclic) bond motifs is 1. The predicted molar refractivity (Wildman–Crippen MR) is 116 cm³/mol. The summed E-state index contributed by atoms with van der Waals surface area (Å²) in [4.78, 5) is 30.8. The minimum absolute atomic E-state index is 0.00390. The van der Waals surface area contributed by atoms with Crippen molar-refractivity contribution in [2.75, 3.05) is 33.4 Å². The van der Waals surface area contributed by atoms with Crippen molar-refractivity contribution in [1.82, 2.24) is 9.80 Å². The van der Waals surface area contributed by atoms with E-state index in [2.05, 4.69) is 42.6 Å². The van der Waals surface area contributed by atoms with Gasteiger partial charge in [0.25, 0.3) is 0 Å². The summed E-state index contributed by atoms with van der Waals surface area (Å²) in [5.41, 5.74) is 3.51. The van der Waals surface area contributed by atoms with Crippen LogP contribution in [-0.4, -0.2) is 55.0 Å². The quantitative estimate of drug-likeness (QED) is 0.695. The highest BCUT2D eigenvalue weighted by atomic mass is 32.1. The third-order valence-electron chi connectivity index (χ3n) is 5.21. The lowest BCUT2D eigenvalue weighted by atomic mass is 9.92. The Balaban J connectivity index is 1.87. The standard InChI is InChI=1S/C23H30N2O3S/c1-16(2)13-24(22(27)15-28-4)14-21(26)25-11-9-20-19(10-12-29-20)23(25)18-7-5-17(3)6-8-18/h5-8,10,12,16,23H,9,11,13-15H2,1-4H3. The average molecular weight is 415 g/mol. The van der Waals surface area contributed by atoms with Crippen LogP contribution in [0, 0.1) is 12.8 Å². The summed E-state index contributed by atoms with van der Waals surface area (Å²) in [6.45, 7) is 7.45. The maximum absolute atomic E-state index is 13.4. The molecule has 1 unspecified atom stereocenters. The van der Waals surface area contributed by atoms with Gasteiger partial charge in [-0.3, -0.25) is 9.59 Å². The Morgan fingerprint density at radius 1 is 1.24 bits per heavy atom. The smallest absolute Gasteiger partial charge is 0.249 e. The highest BCUT2D eigenvalue weighted by Gasteiger charge is 2.34. The lowest BCUT2D eigenvalue weighted by molar-refractivity contribution is -0.144. The van der Waals surface area contributed by atoms with Crippen molar-refractivity contribution in [1.29, 1.82) is 0 Å². The van der Waals surface area contributed by atoms with Gasteiger partial charge in [-0.2, -0.15) is 0 Å². The Morgan fingerprint density at radius 3 is 2.62 bits per heavy atom. The summed E-state index contributed by atoms with van der Waals surface area (Å²) in [6.07, 6.45) is 0.858. The number of hydrogen-bond donors (Lipinski definition) is 0. The molecule has 6 heteroatoms. The number of carbonyl (C=O) groups is 2. The molecule has 1 aromatic heterocycles. The summed E-state index contributed by atoms with van der Waals surface area (Å²) in [6, 6.07) is 10.4. The number of hydrogen-bond acceptors (Lipinski definition) is 4. The second-order valence-corrected chi connectivity index (χ2v) is 9.05. The third-order valence-corrected chi connectivity index (χ3v) is 6.21. The number of aryl methyl sites for hydroxylation is 1. The van der Waals surface area contributed by atoms with Gasteiger partial charge in [0.1, 0.15) is 6.61 Å². The van der Waals surface area contributed by atoms with Gasteiger partial charge in [0.05, 0.1) is 12.6 Å². The fraction of sp³-hybridized carbons (Fsp3) is 0.478. The highest BCUT2D eigenvalue weighted by Crippen LogP contribution is 2.37. The topological polar surface area (TPSA) is 49.9 Å². The molecule has 2 aromatic rings. The second kappa shape index (κ2) is 9.55. The van der Waals surface area contributed by atoms with Gasteiger partial charge in [0.15, 0.2) is 0 Å². The van der Waals surface area contributed by atoms with Crippen LogP contribution in [0.5, 0.6) is 0 Å². The van der Waals surface area contributed by atoms with Gasteiger partial charge < -0.3 is 14.5 Å². The number of carbonyl (C=O) groups excluding carboxylic acids is 2. The first-order valence-corrected chi connectivity index (χ1v) is 11.0. The van der Waals surface area contributed by atoms with Crippen molar-refractivity contribution in [3.8, 4) is 0 Å². The highest BCUT2D eigenvalue weighted by molar-refractivity contribution is 7.10. The van der Waals surface area contributed by atoms with Gasteiger partial charge in [-0.1, -0.05) is 43.7 Å². The van der Waals surface area contributed by atoms with Crippen LogP contribution in [0.2, 0.25) is 0 Å². The van der Waals surface area contributed by atoms with Crippen LogP contribution >= 0.6 is 11.3 Å². The van der Waals surface area contributed by atoms with Crippen LogP contribution in [0.4, 0.5) is 0 Å². The van der Waals surface area contributed by atoms with Crippen LogP contribution in [-0.2, 0) is 20.7 Å². The molecule has 2 heterocycles. The molecule has 0 radical (unpaired) electrons. The zero-order valence-corrected chi connectivity index (χ0v) is 18.5. The van der Waals surface area contributed by atoms with Crippen molar-refractivity contribution in [3.05, 3.63) is 57.3 Å². The van der Waals surface area contributed by atoms with Crippen molar-refractivity contribution < 1.29 is 14.3 Å². The Labute approximate surface area is 177 Å². The Bertz CT molecular complexity index is 844. The molecule has 2 amide bonds. The maximum atomic E-state index is 13.4. The number of benzene rings is 1. The molecule has 0 aliphatic carbocycles. The van der Waals surface area contributed by atoms with Crippen LogP contribution in [0.25, 0.3) is 0 Å². The van der Waals surface area contributed by atoms with E-state index in [1.165, 1.54) is 23.1 Å². The molecule has 0 bridgehead atoms. The van der Waals surface area contributed by atoms with Gasteiger partial charge in [0.2, 0.25) is 11.8 Å². The summed E-state index contributed by atoms with van der Waals surface area (Å²) < 4.78 is 5.02.